The first kappa shape index (κ1) is 5.92. The molecule has 0 aromatic carbocycles. The molecule has 0 bridgehead atoms. The molecule has 0 unspecified atom stereocenters. The normalized spacial score (nSPS) is 10.0. The first-order valence-electron chi connectivity index (χ1n) is 2.26. The Labute approximate surface area is 38.9 Å². The van der Waals surface area contributed by atoms with E-state index in [1.54, 1.807) is 0 Å². The summed E-state index contributed by atoms with van der Waals surface area (Å²) in [5.41, 5.74) is 5.21. The van der Waals surface area contributed by atoms with Gasteiger partial charge in [0, 0.05) is 6.54 Å². The number of quaternary nitrogens is 1. The van der Waals surface area contributed by atoms with Crippen LogP contribution in [0.2, 0.25) is 0 Å². The number of nitrogens with one attached hydrogen (secondary N) is 1. The summed E-state index contributed by atoms with van der Waals surface area (Å²) in [6.07, 6.45) is 0. The SMILES string of the molecule is C[NH+](C)CCN. The second kappa shape index (κ2) is 3.12. The fraction of sp³-hybridized carbons (Fsp3) is 1.00. The average Bonchev–Trinajstić information content (AvgIpc) is 1.35. The Balaban J connectivity index is 2.63. The molecule has 3 N–H and O–H groups in total. The van der Waals surface area contributed by atoms with Crippen LogP contribution >= 0.6 is 0 Å². The molecule has 0 heterocycles. The van der Waals surface area contributed by atoms with Crippen molar-refractivity contribution in [3.05, 3.63) is 0 Å². The lowest BCUT2D eigenvalue weighted by molar-refractivity contribution is -0.856. The topological polar surface area (TPSA) is 30.5 Å². The number of hydrogen-bond acceptors (Lipinski definition) is 1. The van der Waals surface area contributed by atoms with Gasteiger partial charge in [0.05, 0.1) is 20.6 Å². The second-order valence-electron chi connectivity index (χ2n) is 1.75. The Morgan fingerprint density at radius 2 is 2.00 bits per heavy atom. The Bertz CT molecular complexity index is 26.7. The lowest BCUT2D eigenvalue weighted by Crippen LogP contribution is -3.06. The fourth-order valence-electron chi connectivity index (χ4n) is 0.289. The van der Waals surface area contributed by atoms with Crippen LogP contribution in [-0.4, -0.2) is 27.2 Å². The number of nitrogens with two attached hydrogens (primary N) is 1. The third-order valence-electron chi connectivity index (χ3n) is 0.644. The van der Waals surface area contributed by atoms with Crippen molar-refractivity contribution in [2.24, 2.45) is 5.73 Å². The number of likely N-dealkylation sites (N-methyl/N-ethyl adjacent to an activating group) is 1. The van der Waals surface area contributed by atoms with Gasteiger partial charge in [-0.1, -0.05) is 0 Å². The largest absolute Gasteiger partial charge is 0.339 e. The van der Waals surface area contributed by atoms with E-state index in [9.17, 15) is 0 Å². The summed E-state index contributed by atoms with van der Waals surface area (Å²) in [5.74, 6) is 0. The highest BCUT2D eigenvalue weighted by molar-refractivity contribution is 4.20. The Hall–Kier alpha value is -0.0800. The molecule has 2 heteroatoms. The van der Waals surface area contributed by atoms with E-state index < -0.39 is 0 Å². The van der Waals surface area contributed by atoms with Gasteiger partial charge in [-0.05, 0) is 0 Å². The molecule has 0 aromatic heterocycles. The maximum atomic E-state index is 5.21. The molecule has 0 rings (SSSR count). The van der Waals surface area contributed by atoms with E-state index in [-0.39, 0.29) is 0 Å². The Morgan fingerprint density at radius 3 is 2.00 bits per heavy atom. The molecule has 0 fully saturated rings. The Kier molecular flexibility index (Phi) is 3.08. The van der Waals surface area contributed by atoms with Crippen LogP contribution in [0.15, 0.2) is 0 Å². The van der Waals surface area contributed by atoms with Gasteiger partial charge in [-0.3, -0.25) is 0 Å². The molecule has 0 aliphatic rings. The van der Waals surface area contributed by atoms with Crippen LogP contribution in [0.1, 0.15) is 0 Å². The molecule has 0 radical (unpaired) electrons. The van der Waals surface area contributed by atoms with Gasteiger partial charge in [-0.15, -0.1) is 0 Å². The van der Waals surface area contributed by atoms with Crippen molar-refractivity contribution in [2.75, 3.05) is 27.2 Å². The molecule has 0 amide bonds. The van der Waals surface area contributed by atoms with Gasteiger partial charge >= 0.3 is 0 Å². The summed E-state index contributed by atoms with van der Waals surface area (Å²) in [5, 5.41) is 0. The first-order valence-corrected chi connectivity index (χ1v) is 2.26. The zero-order valence-corrected chi connectivity index (χ0v) is 4.49. The predicted octanol–water partition coefficient (Wildman–Crippen LogP) is -1.91. The van der Waals surface area contributed by atoms with E-state index >= 15 is 0 Å². The van der Waals surface area contributed by atoms with Gasteiger partial charge in [0.2, 0.25) is 0 Å². The van der Waals surface area contributed by atoms with Crippen molar-refractivity contribution in [1.29, 1.82) is 0 Å². The minimum Gasteiger partial charge on any atom is -0.339 e. The van der Waals surface area contributed by atoms with E-state index in [0.717, 1.165) is 13.1 Å². The van der Waals surface area contributed by atoms with Crippen molar-refractivity contribution in [2.45, 2.75) is 0 Å². The standard InChI is InChI=1S/C4H12N2/c1-6(2)4-3-5/h3-5H2,1-2H3/p+1. The maximum absolute atomic E-state index is 5.21. The van der Waals surface area contributed by atoms with Crippen LogP contribution < -0.4 is 10.6 Å². The quantitative estimate of drug-likeness (QED) is 0.406. The molecule has 6 heavy (non-hydrogen) atoms. The Morgan fingerprint density at radius 1 is 1.50 bits per heavy atom. The number of hydrogen-bond donors (Lipinski definition) is 2. The highest BCUT2D eigenvalue weighted by Gasteiger charge is 1.83. The number of rotatable bonds is 2. The van der Waals surface area contributed by atoms with E-state index in [4.69, 9.17) is 5.73 Å². The lowest BCUT2D eigenvalue weighted by Gasteiger charge is -2.01. The van der Waals surface area contributed by atoms with Gasteiger partial charge in [-0.2, -0.15) is 0 Å². The predicted molar refractivity (Wildman–Crippen MR) is 26.7 cm³/mol. The van der Waals surface area contributed by atoms with Crippen molar-refractivity contribution in [1.82, 2.24) is 0 Å². The summed E-state index contributed by atoms with van der Waals surface area (Å²) in [7, 11) is 4.18. The molecular weight excluding hydrogens is 76.1 g/mol. The van der Waals surface area contributed by atoms with Gasteiger partial charge in [-0.25, -0.2) is 0 Å². The fourth-order valence-corrected chi connectivity index (χ4v) is 0.289. The molecule has 0 saturated carbocycles. The van der Waals surface area contributed by atoms with Crippen LogP contribution in [0.3, 0.4) is 0 Å². The summed E-state index contributed by atoms with van der Waals surface area (Å²) in [6.45, 7) is 1.86. The molecule has 0 aromatic rings. The molecule has 0 spiro atoms. The van der Waals surface area contributed by atoms with Gasteiger partial charge < -0.3 is 10.6 Å². The summed E-state index contributed by atoms with van der Waals surface area (Å²) >= 11 is 0. The smallest absolute Gasteiger partial charge is 0.0891 e. The zero-order chi connectivity index (χ0) is 4.99. The van der Waals surface area contributed by atoms with Crippen molar-refractivity contribution >= 4 is 0 Å². The van der Waals surface area contributed by atoms with Crippen molar-refractivity contribution in [3.63, 3.8) is 0 Å². The molecule has 0 saturated heterocycles. The third-order valence-corrected chi connectivity index (χ3v) is 0.644. The monoisotopic (exact) mass is 89.1 g/mol. The summed E-state index contributed by atoms with van der Waals surface area (Å²) in [4.78, 5) is 1.41. The maximum Gasteiger partial charge on any atom is 0.0891 e. The molecule has 38 valence electrons. The van der Waals surface area contributed by atoms with Gasteiger partial charge in [0.1, 0.15) is 0 Å². The van der Waals surface area contributed by atoms with Crippen LogP contribution in [0.4, 0.5) is 0 Å². The van der Waals surface area contributed by atoms with Crippen molar-refractivity contribution in [3.8, 4) is 0 Å². The highest BCUT2D eigenvalue weighted by Crippen LogP contribution is 1.28. The molecular formula is C4H13N2+. The molecule has 2 nitrogen and oxygen atoms in total. The van der Waals surface area contributed by atoms with E-state index in [0.29, 0.717) is 0 Å². The van der Waals surface area contributed by atoms with Crippen LogP contribution in [0.25, 0.3) is 0 Å². The van der Waals surface area contributed by atoms with Crippen LogP contribution in [-0.2, 0) is 0 Å². The van der Waals surface area contributed by atoms with Crippen molar-refractivity contribution < 1.29 is 4.90 Å². The minimum atomic E-state index is 0.794. The lowest BCUT2D eigenvalue weighted by atomic mass is 10.6. The van der Waals surface area contributed by atoms with Gasteiger partial charge in [0.15, 0.2) is 0 Å². The summed E-state index contributed by atoms with van der Waals surface area (Å²) < 4.78 is 0. The zero-order valence-electron chi connectivity index (χ0n) is 4.49. The van der Waals surface area contributed by atoms with Crippen LogP contribution in [0, 0.1) is 0 Å². The highest BCUT2D eigenvalue weighted by atomic mass is 15.1. The first-order chi connectivity index (χ1) is 2.77. The molecule has 0 atom stereocenters. The molecule has 0 aliphatic carbocycles. The second-order valence-corrected chi connectivity index (χ2v) is 1.75. The minimum absolute atomic E-state index is 0.794. The van der Waals surface area contributed by atoms with E-state index in [1.165, 1.54) is 4.90 Å². The van der Waals surface area contributed by atoms with Crippen LogP contribution in [0.5, 0.6) is 0 Å². The molecule has 0 aliphatic heterocycles. The van der Waals surface area contributed by atoms with Gasteiger partial charge in [0.25, 0.3) is 0 Å². The van der Waals surface area contributed by atoms with E-state index in [2.05, 4.69) is 14.1 Å². The summed E-state index contributed by atoms with van der Waals surface area (Å²) in [6, 6.07) is 0. The third kappa shape index (κ3) is 3.92. The average molecular weight is 89.2 g/mol. The van der Waals surface area contributed by atoms with E-state index in [1.807, 2.05) is 0 Å².